The van der Waals surface area contributed by atoms with Crippen molar-refractivity contribution in [2.24, 2.45) is 4.99 Å². The number of ether oxygens (including phenoxy) is 1. The van der Waals surface area contributed by atoms with Crippen molar-refractivity contribution >= 4 is 5.84 Å². The van der Waals surface area contributed by atoms with Crippen LogP contribution in [0.25, 0.3) is 0 Å². The molecule has 1 N–H and O–H groups in total. The minimum Gasteiger partial charge on any atom is -0.379 e. The van der Waals surface area contributed by atoms with Gasteiger partial charge in [0, 0.05) is 39.1 Å². The highest BCUT2D eigenvalue weighted by Crippen LogP contribution is 2.01. The molecule has 0 saturated carbocycles. The van der Waals surface area contributed by atoms with E-state index in [2.05, 4.69) is 15.2 Å². The van der Waals surface area contributed by atoms with E-state index in [1.807, 2.05) is 0 Å². The lowest BCUT2D eigenvalue weighted by Crippen LogP contribution is -2.41. The first-order valence-electron chi connectivity index (χ1n) is 5.52. The zero-order valence-corrected chi connectivity index (χ0v) is 8.67. The lowest BCUT2D eigenvalue weighted by atomic mass is 10.3. The van der Waals surface area contributed by atoms with E-state index in [4.69, 9.17) is 4.74 Å². The van der Waals surface area contributed by atoms with Gasteiger partial charge < -0.3 is 10.1 Å². The Kier molecular flexibility index (Phi) is 3.77. The van der Waals surface area contributed by atoms with Crippen LogP contribution in [-0.4, -0.2) is 56.7 Å². The summed E-state index contributed by atoms with van der Waals surface area (Å²) in [4.78, 5) is 6.82. The molecule has 0 aromatic heterocycles. The van der Waals surface area contributed by atoms with Crippen LogP contribution in [0, 0.1) is 0 Å². The zero-order chi connectivity index (χ0) is 9.64. The Morgan fingerprint density at radius 2 is 2.21 bits per heavy atom. The number of amidine groups is 1. The standard InChI is InChI=1S/C10H19N3O/c1-2-10(11-3-1)12-4-5-13-6-8-14-9-7-13/h1-9H2,(H,11,12). The first-order valence-corrected chi connectivity index (χ1v) is 5.52. The van der Waals surface area contributed by atoms with E-state index in [1.165, 1.54) is 12.3 Å². The van der Waals surface area contributed by atoms with Gasteiger partial charge in [0.15, 0.2) is 0 Å². The van der Waals surface area contributed by atoms with Crippen LogP contribution in [0.2, 0.25) is 0 Å². The van der Waals surface area contributed by atoms with Crippen LogP contribution in [0.5, 0.6) is 0 Å². The van der Waals surface area contributed by atoms with Gasteiger partial charge in [0.05, 0.1) is 19.0 Å². The molecule has 2 heterocycles. The monoisotopic (exact) mass is 197 g/mol. The van der Waals surface area contributed by atoms with Crippen LogP contribution in [0.3, 0.4) is 0 Å². The molecule has 0 bridgehead atoms. The van der Waals surface area contributed by atoms with Crippen molar-refractivity contribution < 1.29 is 4.74 Å². The molecule has 0 aromatic carbocycles. The molecular formula is C10H19N3O. The molecular weight excluding hydrogens is 178 g/mol. The molecule has 14 heavy (non-hydrogen) atoms. The Hall–Kier alpha value is -0.610. The van der Waals surface area contributed by atoms with E-state index in [-0.39, 0.29) is 0 Å². The van der Waals surface area contributed by atoms with Crippen molar-refractivity contribution in [3.05, 3.63) is 0 Å². The molecule has 0 amide bonds. The predicted octanol–water partition coefficient (Wildman–Crippen LogP) is 0.101. The molecule has 4 heteroatoms. The zero-order valence-electron chi connectivity index (χ0n) is 8.67. The van der Waals surface area contributed by atoms with Gasteiger partial charge in [-0.25, -0.2) is 0 Å². The summed E-state index contributed by atoms with van der Waals surface area (Å²) < 4.78 is 5.29. The van der Waals surface area contributed by atoms with Gasteiger partial charge in [0.25, 0.3) is 0 Å². The highest BCUT2D eigenvalue weighted by molar-refractivity contribution is 5.83. The Labute approximate surface area is 85.3 Å². The molecule has 0 spiro atoms. The maximum Gasteiger partial charge on any atom is 0.0964 e. The van der Waals surface area contributed by atoms with Gasteiger partial charge in [-0.3, -0.25) is 9.89 Å². The second-order valence-corrected chi connectivity index (χ2v) is 3.81. The van der Waals surface area contributed by atoms with E-state index in [0.717, 1.165) is 52.4 Å². The SMILES string of the molecule is C1CN=C(NCCN2CCOCC2)C1. The van der Waals surface area contributed by atoms with Crippen molar-refractivity contribution in [3.63, 3.8) is 0 Å². The van der Waals surface area contributed by atoms with Crippen LogP contribution in [0.4, 0.5) is 0 Å². The Morgan fingerprint density at radius 1 is 1.36 bits per heavy atom. The van der Waals surface area contributed by atoms with Gasteiger partial charge in [-0.1, -0.05) is 0 Å². The predicted molar refractivity (Wildman–Crippen MR) is 56.8 cm³/mol. The molecule has 0 aromatic rings. The first-order chi connectivity index (χ1) is 6.95. The lowest BCUT2D eigenvalue weighted by molar-refractivity contribution is 0.0389. The molecule has 2 rings (SSSR count). The summed E-state index contributed by atoms with van der Waals surface area (Å²) >= 11 is 0. The maximum absolute atomic E-state index is 5.29. The summed E-state index contributed by atoms with van der Waals surface area (Å²) in [5, 5.41) is 3.40. The third-order valence-corrected chi connectivity index (χ3v) is 2.74. The molecule has 0 radical (unpaired) electrons. The molecule has 1 fully saturated rings. The van der Waals surface area contributed by atoms with Gasteiger partial charge in [0.2, 0.25) is 0 Å². The highest BCUT2D eigenvalue weighted by atomic mass is 16.5. The smallest absolute Gasteiger partial charge is 0.0964 e. The van der Waals surface area contributed by atoms with Gasteiger partial charge in [-0.15, -0.1) is 0 Å². The summed E-state index contributed by atoms with van der Waals surface area (Å²) in [6.45, 7) is 7.09. The van der Waals surface area contributed by atoms with Gasteiger partial charge in [-0.05, 0) is 6.42 Å². The fraction of sp³-hybridized carbons (Fsp3) is 0.900. The van der Waals surface area contributed by atoms with Crippen LogP contribution in [0.15, 0.2) is 4.99 Å². The van der Waals surface area contributed by atoms with Crippen molar-refractivity contribution in [1.29, 1.82) is 0 Å². The van der Waals surface area contributed by atoms with E-state index >= 15 is 0 Å². The molecule has 4 nitrogen and oxygen atoms in total. The number of hydrogen-bond acceptors (Lipinski definition) is 4. The van der Waals surface area contributed by atoms with Gasteiger partial charge >= 0.3 is 0 Å². The van der Waals surface area contributed by atoms with Crippen molar-refractivity contribution in [2.75, 3.05) is 45.9 Å². The Bertz CT molecular complexity index is 200. The molecule has 1 saturated heterocycles. The van der Waals surface area contributed by atoms with E-state index in [9.17, 15) is 0 Å². The fourth-order valence-corrected chi connectivity index (χ4v) is 1.87. The van der Waals surface area contributed by atoms with Crippen LogP contribution in [-0.2, 0) is 4.74 Å². The molecule has 0 atom stereocenters. The molecule has 0 unspecified atom stereocenters. The second-order valence-electron chi connectivity index (χ2n) is 3.81. The number of nitrogens with one attached hydrogen (secondary N) is 1. The average Bonchev–Trinajstić information content (AvgIpc) is 2.72. The number of nitrogens with zero attached hydrogens (tertiary/aromatic N) is 2. The van der Waals surface area contributed by atoms with Crippen molar-refractivity contribution in [3.8, 4) is 0 Å². The number of aliphatic imine (C=N–C) groups is 1. The van der Waals surface area contributed by atoms with Crippen LogP contribution < -0.4 is 5.32 Å². The Balaban J connectivity index is 1.57. The van der Waals surface area contributed by atoms with E-state index < -0.39 is 0 Å². The maximum atomic E-state index is 5.29. The van der Waals surface area contributed by atoms with E-state index in [0.29, 0.717) is 0 Å². The molecule has 2 aliphatic heterocycles. The van der Waals surface area contributed by atoms with Crippen molar-refractivity contribution in [1.82, 2.24) is 10.2 Å². The summed E-state index contributed by atoms with van der Waals surface area (Å²) in [6, 6.07) is 0. The third-order valence-electron chi connectivity index (χ3n) is 2.74. The normalized spacial score (nSPS) is 23.6. The average molecular weight is 197 g/mol. The first kappa shape index (κ1) is 9.93. The van der Waals surface area contributed by atoms with Crippen LogP contribution in [0.1, 0.15) is 12.8 Å². The lowest BCUT2D eigenvalue weighted by Gasteiger charge is -2.26. The largest absolute Gasteiger partial charge is 0.379 e. The summed E-state index contributed by atoms with van der Waals surface area (Å²) in [5.74, 6) is 1.21. The third kappa shape index (κ3) is 2.96. The van der Waals surface area contributed by atoms with Gasteiger partial charge in [-0.2, -0.15) is 0 Å². The van der Waals surface area contributed by atoms with Crippen molar-refractivity contribution in [2.45, 2.75) is 12.8 Å². The minimum absolute atomic E-state index is 0.890. The summed E-state index contributed by atoms with van der Waals surface area (Å²) in [6.07, 6.45) is 2.36. The number of hydrogen-bond donors (Lipinski definition) is 1. The van der Waals surface area contributed by atoms with Gasteiger partial charge in [0.1, 0.15) is 0 Å². The fourth-order valence-electron chi connectivity index (χ4n) is 1.87. The number of rotatable bonds is 3. The highest BCUT2D eigenvalue weighted by Gasteiger charge is 2.10. The molecule has 2 aliphatic rings. The summed E-state index contributed by atoms with van der Waals surface area (Å²) in [5.41, 5.74) is 0. The second kappa shape index (κ2) is 5.32. The Morgan fingerprint density at radius 3 is 2.93 bits per heavy atom. The van der Waals surface area contributed by atoms with Crippen LogP contribution >= 0.6 is 0 Å². The minimum atomic E-state index is 0.890. The summed E-state index contributed by atoms with van der Waals surface area (Å²) in [7, 11) is 0. The van der Waals surface area contributed by atoms with E-state index in [1.54, 1.807) is 0 Å². The topological polar surface area (TPSA) is 36.9 Å². The number of morpholine rings is 1. The quantitative estimate of drug-likeness (QED) is 0.697. The molecule has 80 valence electrons. The molecule has 0 aliphatic carbocycles.